The van der Waals surface area contributed by atoms with Gasteiger partial charge < -0.3 is 9.73 Å². The molecule has 1 N–H and O–H groups in total. The zero-order valence-electron chi connectivity index (χ0n) is 12.4. The zero-order chi connectivity index (χ0) is 17.6. The van der Waals surface area contributed by atoms with Crippen LogP contribution in [0.15, 0.2) is 51.4 Å². The molecule has 0 saturated heterocycles. The second kappa shape index (κ2) is 5.98. The molecule has 9 heteroatoms. The number of nitrogens with one attached hydrogen (secondary N) is 1. The second-order valence-corrected chi connectivity index (χ2v) is 6.45. The number of fused-ring (bicyclic) bond motifs is 3. The van der Waals surface area contributed by atoms with Gasteiger partial charge in [0.05, 0.1) is 10.3 Å². The van der Waals surface area contributed by atoms with Crippen molar-refractivity contribution in [3.8, 4) is 0 Å². The summed E-state index contributed by atoms with van der Waals surface area (Å²) in [5.74, 6) is 0.381. The Kier molecular flexibility index (Phi) is 3.78. The minimum Gasteiger partial charge on any atom is -0.450 e. The average molecular weight is 420 g/mol. The minimum atomic E-state index is -0.471. The van der Waals surface area contributed by atoms with Crippen molar-refractivity contribution in [1.82, 2.24) is 9.97 Å². The van der Waals surface area contributed by atoms with E-state index in [0.29, 0.717) is 27.9 Å². The number of benzene rings is 2. The number of rotatable bonds is 3. The molecule has 4 aromatic rings. The molecule has 124 valence electrons. The monoisotopic (exact) mass is 418 g/mol. The van der Waals surface area contributed by atoms with Crippen LogP contribution in [-0.4, -0.2) is 14.9 Å². The van der Waals surface area contributed by atoms with Crippen molar-refractivity contribution < 1.29 is 9.34 Å². The van der Waals surface area contributed by atoms with Crippen LogP contribution in [0.25, 0.3) is 22.1 Å². The van der Waals surface area contributed by atoms with Gasteiger partial charge in [-0.15, -0.1) is 0 Å². The van der Waals surface area contributed by atoms with Gasteiger partial charge in [-0.1, -0.05) is 22.0 Å². The van der Waals surface area contributed by atoms with E-state index in [-0.39, 0.29) is 11.0 Å². The van der Waals surface area contributed by atoms with Gasteiger partial charge >= 0.3 is 0 Å². The van der Waals surface area contributed by atoms with Gasteiger partial charge in [-0.3, -0.25) is 10.1 Å². The van der Waals surface area contributed by atoms with Gasteiger partial charge in [0.15, 0.2) is 11.4 Å². The highest BCUT2D eigenvalue weighted by molar-refractivity contribution is 9.10. The molecule has 0 spiro atoms. The smallest absolute Gasteiger partial charge is 0.270 e. The van der Waals surface area contributed by atoms with Crippen LogP contribution in [-0.2, 0) is 0 Å². The molecule has 0 bridgehead atoms. The van der Waals surface area contributed by atoms with Crippen molar-refractivity contribution in [3.63, 3.8) is 0 Å². The third kappa shape index (κ3) is 2.90. The number of anilines is 2. The maximum Gasteiger partial charge on any atom is 0.270 e. The van der Waals surface area contributed by atoms with E-state index < -0.39 is 4.92 Å². The van der Waals surface area contributed by atoms with Crippen molar-refractivity contribution >= 4 is 66.8 Å². The van der Waals surface area contributed by atoms with Crippen molar-refractivity contribution in [2.45, 2.75) is 0 Å². The highest BCUT2D eigenvalue weighted by Gasteiger charge is 2.18. The van der Waals surface area contributed by atoms with E-state index in [2.05, 4.69) is 31.2 Å². The molecule has 0 radical (unpaired) electrons. The lowest BCUT2D eigenvalue weighted by Gasteiger charge is -2.06. The van der Waals surface area contributed by atoms with Crippen molar-refractivity contribution in [3.05, 3.63) is 62.3 Å². The summed E-state index contributed by atoms with van der Waals surface area (Å²) in [4.78, 5) is 18.9. The van der Waals surface area contributed by atoms with Gasteiger partial charge in [0.1, 0.15) is 11.1 Å². The van der Waals surface area contributed by atoms with Gasteiger partial charge in [0.2, 0.25) is 5.28 Å². The van der Waals surface area contributed by atoms with Gasteiger partial charge in [-0.05, 0) is 35.9 Å². The highest BCUT2D eigenvalue weighted by Crippen LogP contribution is 2.35. The number of nitro benzene ring substituents is 1. The molecule has 2 heterocycles. The maximum atomic E-state index is 11.0. The van der Waals surface area contributed by atoms with Gasteiger partial charge in [-0.2, -0.15) is 4.98 Å². The first-order valence-corrected chi connectivity index (χ1v) is 8.25. The Balaban J connectivity index is 1.92. The lowest BCUT2D eigenvalue weighted by atomic mass is 10.2. The van der Waals surface area contributed by atoms with Crippen LogP contribution < -0.4 is 5.32 Å². The molecular weight excluding hydrogens is 412 g/mol. The molecule has 0 atom stereocenters. The quantitative estimate of drug-likeness (QED) is 0.270. The number of nitro groups is 1. The molecule has 0 amide bonds. The number of aromatic nitrogens is 2. The summed E-state index contributed by atoms with van der Waals surface area (Å²) in [6.07, 6.45) is 0. The van der Waals surface area contributed by atoms with Crippen LogP contribution in [0.1, 0.15) is 0 Å². The Morgan fingerprint density at radius 2 is 2.04 bits per heavy atom. The molecule has 0 aliphatic heterocycles. The lowest BCUT2D eigenvalue weighted by molar-refractivity contribution is -0.384. The van der Waals surface area contributed by atoms with Crippen LogP contribution >= 0.6 is 27.5 Å². The van der Waals surface area contributed by atoms with Gasteiger partial charge in [0.25, 0.3) is 5.69 Å². The van der Waals surface area contributed by atoms with Crippen molar-refractivity contribution in [1.29, 1.82) is 0 Å². The molecule has 2 aromatic carbocycles. The molecular formula is C16H8BrClN4O3. The Morgan fingerprint density at radius 1 is 1.20 bits per heavy atom. The minimum absolute atomic E-state index is 0.0132. The lowest BCUT2D eigenvalue weighted by Crippen LogP contribution is -1.96. The fraction of sp³-hybridized carbons (Fsp3) is 0. The number of non-ortho nitro benzene ring substituents is 1. The molecule has 4 rings (SSSR count). The Hall–Kier alpha value is -2.71. The fourth-order valence-corrected chi connectivity index (χ4v) is 3.07. The molecule has 0 aliphatic rings. The molecule has 25 heavy (non-hydrogen) atoms. The first-order chi connectivity index (χ1) is 12.0. The molecule has 7 nitrogen and oxygen atoms in total. The summed E-state index contributed by atoms with van der Waals surface area (Å²) in [6, 6.07) is 11.8. The number of nitrogens with zero attached hydrogens (tertiary/aromatic N) is 3. The van der Waals surface area contributed by atoms with E-state index >= 15 is 0 Å². The molecule has 0 saturated carbocycles. The topological polar surface area (TPSA) is 94.1 Å². The Morgan fingerprint density at radius 3 is 2.80 bits per heavy atom. The first kappa shape index (κ1) is 15.8. The summed E-state index contributed by atoms with van der Waals surface area (Å²) in [5, 5.41) is 14.7. The van der Waals surface area contributed by atoms with Crippen LogP contribution in [0.2, 0.25) is 5.28 Å². The van der Waals surface area contributed by atoms with E-state index in [0.717, 1.165) is 10.2 Å². The molecule has 0 aliphatic carbocycles. The van der Waals surface area contributed by atoms with Crippen molar-refractivity contribution in [2.24, 2.45) is 0 Å². The summed E-state index contributed by atoms with van der Waals surface area (Å²) in [5.41, 5.74) is 1.98. The number of hydrogen-bond acceptors (Lipinski definition) is 6. The predicted molar refractivity (Wildman–Crippen MR) is 98.4 cm³/mol. The van der Waals surface area contributed by atoms with E-state index in [1.54, 1.807) is 0 Å². The van der Waals surface area contributed by atoms with Crippen LogP contribution in [0.5, 0.6) is 0 Å². The van der Waals surface area contributed by atoms with Crippen LogP contribution in [0.4, 0.5) is 17.2 Å². The van der Waals surface area contributed by atoms with E-state index in [1.807, 2.05) is 24.3 Å². The average Bonchev–Trinajstić information content (AvgIpc) is 2.93. The first-order valence-electron chi connectivity index (χ1n) is 7.08. The molecule has 0 unspecified atom stereocenters. The molecule has 2 aromatic heterocycles. The zero-order valence-corrected chi connectivity index (χ0v) is 14.7. The second-order valence-electron chi connectivity index (χ2n) is 5.19. The number of halogens is 2. The van der Waals surface area contributed by atoms with Crippen LogP contribution in [0, 0.1) is 10.1 Å². The maximum absolute atomic E-state index is 11.0. The largest absolute Gasteiger partial charge is 0.450 e. The predicted octanol–water partition coefficient (Wildman–Crippen LogP) is 5.44. The van der Waals surface area contributed by atoms with Crippen LogP contribution in [0.3, 0.4) is 0 Å². The van der Waals surface area contributed by atoms with E-state index in [1.165, 1.54) is 18.2 Å². The summed E-state index contributed by atoms with van der Waals surface area (Å²) in [6.45, 7) is 0. The standard InChI is InChI=1S/C16H8BrClN4O3/c17-8-2-1-3-9(6-8)19-15-14-13(20-16(18)21-15)11-7-10(22(23)24)4-5-12(11)25-14/h1-7H,(H,19,20,21). The normalized spacial score (nSPS) is 11.1. The summed E-state index contributed by atoms with van der Waals surface area (Å²) >= 11 is 9.44. The SMILES string of the molecule is O=[N+]([O-])c1ccc2oc3c(Nc4cccc(Br)c4)nc(Cl)nc3c2c1. The summed E-state index contributed by atoms with van der Waals surface area (Å²) in [7, 11) is 0. The van der Waals surface area contributed by atoms with Gasteiger partial charge in [0, 0.05) is 22.3 Å². The fourth-order valence-electron chi connectivity index (χ4n) is 2.51. The third-order valence-corrected chi connectivity index (χ3v) is 4.23. The van der Waals surface area contributed by atoms with Crippen molar-refractivity contribution in [2.75, 3.05) is 5.32 Å². The Bertz CT molecular complexity index is 1150. The Labute approximate surface area is 153 Å². The number of furan rings is 1. The van der Waals surface area contributed by atoms with Gasteiger partial charge in [-0.25, -0.2) is 4.98 Å². The molecule has 0 fully saturated rings. The third-order valence-electron chi connectivity index (χ3n) is 3.57. The number of hydrogen-bond donors (Lipinski definition) is 1. The highest BCUT2D eigenvalue weighted by atomic mass is 79.9. The van der Waals surface area contributed by atoms with E-state index in [4.69, 9.17) is 16.0 Å². The summed E-state index contributed by atoms with van der Waals surface area (Å²) < 4.78 is 6.69. The van der Waals surface area contributed by atoms with E-state index in [9.17, 15) is 10.1 Å².